The highest BCUT2D eigenvalue weighted by molar-refractivity contribution is 5.71. The van der Waals surface area contributed by atoms with Gasteiger partial charge in [-0.3, -0.25) is 14.4 Å². The van der Waals surface area contributed by atoms with Gasteiger partial charge in [0.05, 0.1) is 0 Å². The molecule has 1 atom stereocenters. The van der Waals surface area contributed by atoms with Gasteiger partial charge in [-0.05, 0) is 57.8 Å². The van der Waals surface area contributed by atoms with Gasteiger partial charge in [0.1, 0.15) is 13.2 Å². The standard InChI is InChI=1S/C54H92O6/c1-4-7-10-13-16-19-22-24-25-26-27-28-29-31-32-35-38-41-44-47-53(56)59-50-51(49-58-52(55)46-43-40-37-34-21-18-15-12-9-6-3)60-54(57)48-45-42-39-36-33-30-23-20-17-14-11-8-5-2/h7,10,16,19,24-25,27-28,31-32,38,41,51H,4-6,8-9,11-15,17-18,20-23,26,29-30,33-37,39-40,42-50H2,1-3H3/b10-7-,19-16-,25-24-,28-27-,32-31-,41-38-. The minimum atomic E-state index is -0.800. The highest BCUT2D eigenvalue weighted by Gasteiger charge is 2.19. The van der Waals surface area contributed by atoms with Crippen LogP contribution in [0.3, 0.4) is 0 Å². The Labute approximate surface area is 370 Å². The van der Waals surface area contributed by atoms with Gasteiger partial charge >= 0.3 is 17.9 Å². The predicted molar refractivity (Wildman–Crippen MR) is 256 cm³/mol. The van der Waals surface area contributed by atoms with Crippen molar-refractivity contribution in [3.63, 3.8) is 0 Å². The molecule has 0 saturated carbocycles. The monoisotopic (exact) mass is 837 g/mol. The molecule has 0 N–H and O–H groups in total. The fourth-order valence-corrected chi connectivity index (χ4v) is 6.76. The van der Waals surface area contributed by atoms with Crippen LogP contribution in [0.1, 0.15) is 233 Å². The second-order valence-electron chi connectivity index (χ2n) is 16.4. The molecule has 0 rings (SSSR count). The van der Waals surface area contributed by atoms with Gasteiger partial charge in [-0.25, -0.2) is 0 Å². The number of ether oxygens (including phenoxy) is 3. The molecule has 6 nitrogen and oxygen atoms in total. The summed E-state index contributed by atoms with van der Waals surface area (Å²) in [6.45, 7) is 6.44. The zero-order valence-electron chi connectivity index (χ0n) is 39.2. The normalized spacial score (nSPS) is 12.7. The average molecular weight is 837 g/mol. The number of rotatable bonds is 44. The summed E-state index contributed by atoms with van der Waals surface area (Å²) in [4.78, 5) is 37.8. The summed E-state index contributed by atoms with van der Waals surface area (Å²) in [5.74, 6) is -0.984. The van der Waals surface area contributed by atoms with Gasteiger partial charge in [0, 0.05) is 19.3 Å². The van der Waals surface area contributed by atoms with Crippen molar-refractivity contribution in [2.24, 2.45) is 0 Å². The fraction of sp³-hybridized carbons (Fsp3) is 0.722. The van der Waals surface area contributed by atoms with E-state index in [9.17, 15) is 14.4 Å². The van der Waals surface area contributed by atoms with Crippen molar-refractivity contribution in [1.82, 2.24) is 0 Å². The third-order valence-electron chi connectivity index (χ3n) is 10.5. The Morgan fingerprint density at radius 1 is 0.350 bits per heavy atom. The molecule has 344 valence electrons. The molecule has 0 amide bonds. The Kier molecular flexibility index (Phi) is 46.0. The lowest BCUT2D eigenvalue weighted by Crippen LogP contribution is -2.30. The lowest BCUT2D eigenvalue weighted by atomic mass is 10.0. The molecule has 0 bridgehead atoms. The number of hydrogen-bond acceptors (Lipinski definition) is 6. The van der Waals surface area contributed by atoms with Crippen LogP contribution in [0.4, 0.5) is 0 Å². The molecule has 0 aliphatic carbocycles. The van der Waals surface area contributed by atoms with E-state index < -0.39 is 6.10 Å². The molecule has 6 heteroatoms. The zero-order chi connectivity index (χ0) is 43.7. The summed E-state index contributed by atoms with van der Waals surface area (Å²) < 4.78 is 16.7. The number of hydrogen-bond donors (Lipinski definition) is 0. The molecule has 0 saturated heterocycles. The Hall–Kier alpha value is -3.15. The van der Waals surface area contributed by atoms with Crippen molar-refractivity contribution in [3.8, 4) is 0 Å². The molecule has 0 spiro atoms. The first-order chi connectivity index (χ1) is 29.5. The van der Waals surface area contributed by atoms with Crippen molar-refractivity contribution in [2.75, 3.05) is 13.2 Å². The summed E-state index contributed by atoms with van der Waals surface area (Å²) in [7, 11) is 0. The Morgan fingerprint density at radius 3 is 1.02 bits per heavy atom. The summed E-state index contributed by atoms with van der Waals surface area (Å²) in [5, 5.41) is 0. The molecule has 0 radical (unpaired) electrons. The average Bonchev–Trinajstić information content (AvgIpc) is 3.24. The summed E-state index contributed by atoms with van der Waals surface area (Å²) in [6.07, 6.45) is 60.4. The minimum Gasteiger partial charge on any atom is -0.462 e. The molecule has 0 aliphatic rings. The van der Waals surface area contributed by atoms with E-state index in [4.69, 9.17) is 14.2 Å². The van der Waals surface area contributed by atoms with E-state index >= 15 is 0 Å². The molecule has 1 unspecified atom stereocenters. The van der Waals surface area contributed by atoms with Gasteiger partial charge in [-0.2, -0.15) is 0 Å². The molecule has 0 aromatic carbocycles. The second-order valence-corrected chi connectivity index (χ2v) is 16.4. The highest BCUT2D eigenvalue weighted by atomic mass is 16.6. The second kappa shape index (κ2) is 48.5. The third-order valence-corrected chi connectivity index (χ3v) is 10.5. The van der Waals surface area contributed by atoms with Crippen LogP contribution in [0.2, 0.25) is 0 Å². The quantitative estimate of drug-likeness (QED) is 0.0263. The van der Waals surface area contributed by atoms with E-state index in [-0.39, 0.29) is 37.5 Å². The maximum absolute atomic E-state index is 12.7. The summed E-state index contributed by atoms with van der Waals surface area (Å²) in [5.41, 5.74) is 0. The maximum Gasteiger partial charge on any atom is 0.306 e. The van der Waals surface area contributed by atoms with E-state index in [1.165, 1.54) is 109 Å². The summed E-state index contributed by atoms with van der Waals surface area (Å²) >= 11 is 0. The van der Waals surface area contributed by atoms with E-state index in [2.05, 4.69) is 87.6 Å². The maximum atomic E-state index is 12.7. The lowest BCUT2D eigenvalue weighted by Gasteiger charge is -2.18. The summed E-state index contributed by atoms with van der Waals surface area (Å²) in [6, 6.07) is 0. The molecule has 0 aromatic rings. The van der Waals surface area contributed by atoms with Gasteiger partial charge in [-0.1, -0.05) is 229 Å². The van der Waals surface area contributed by atoms with Gasteiger partial charge in [0.25, 0.3) is 0 Å². The van der Waals surface area contributed by atoms with Crippen LogP contribution in [0, 0.1) is 0 Å². The van der Waals surface area contributed by atoms with Gasteiger partial charge < -0.3 is 14.2 Å². The molecule has 60 heavy (non-hydrogen) atoms. The molecular weight excluding hydrogens is 745 g/mol. The van der Waals surface area contributed by atoms with Crippen molar-refractivity contribution >= 4 is 17.9 Å². The van der Waals surface area contributed by atoms with Gasteiger partial charge in [-0.15, -0.1) is 0 Å². The van der Waals surface area contributed by atoms with Crippen LogP contribution in [0.15, 0.2) is 72.9 Å². The minimum absolute atomic E-state index is 0.0959. The number of carbonyl (C=O) groups is 3. The number of unbranched alkanes of at least 4 members (excludes halogenated alkanes) is 21. The van der Waals surface area contributed by atoms with Crippen LogP contribution in [0.25, 0.3) is 0 Å². The Bertz CT molecular complexity index is 1140. The van der Waals surface area contributed by atoms with E-state index in [0.717, 1.165) is 77.0 Å². The molecule has 0 fully saturated rings. The highest BCUT2D eigenvalue weighted by Crippen LogP contribution is 2.15. The van der Waals surface area contributed by atoms with Crippen LogP contribution in [-0.4, -0.2) is 37.2 Å². The largest absolute Gasteiger partial charge is 0.462 e. The first-order valence-electron chi connectivity index (χ1n) is 24.9. The first kappa shape index (κ1) is 56.9. The smallest absolute Gasteiger partial charge is 0.306 e. The molecule has 0 aliphatic heterocycles. The van der Waals surface area contributed by atoms with E-state index in [1.807, 2.05) is 6.08 Å². The number of carbonyl (C=O) groups excluding carboxylic acids is 3. The van der Waals surface area contributed by atoms with Crippen molar-refractivity contribution in [1.29, 1.82) is 0 Å². The van der Waals surface area contributed by atoms with Crippen LogP contribution >= 0.6 is 0 Å². The lowest BCUT2D eigenvalue weighted by molar-refractivity contribution is -0.166. The molecule has 0 aromatic heterocycles. The van der Waals surface area contributed by atoms with Gasteiger partial charge in [0.15, 0.2) is 6.10 Å². The van der Waals surface area contributed by atoms with Crippen LogP contribution in [-0.2, 0) is 28.6 Å². The van der Waals surface area contributed by atoms with Crippen molar-refractivity contribution < 1.29 is 28.6 Å². The Morgan fingerprint density at radius 2 is 0.650 bits per heavy atom. The van der Waals surface area contributed by atoms with E-state index in [1.54, 1.807) is 0 Å². The van der Waals surface area contributed by atoms with Crippen molar-refractivity contribution in [3.05, 3.63) is 72.9 Å². The predicted octanol–water partition coefficient (Wildman–Crippen LogP) is 16.3. The topological polar surface area (TPSA) is 78.9 Å². The first-order valence-corrected chi connectivity index (χ1v) is 24.9. The number of esters is 3. The fourth-order valence-electron chi connectivity index (χ4n) is 6.76. The SMILES string of the molecule is CC/C=C\C/C=C\C/C=C\C/C=C\C/C=C\C/C=C\CCC(=O)OCC(COC(=O)CCCCCCCCCCCC)OC(=O)CCCCCCCCCCCCCCC. The van der Waals surface area contributed by atoms with E-state index in [0.29, 0.717) is 19.3 Å². The molecule has 0 heterocycles. The van der Waals surface area contributed by atoms with Gasteiger partial charge in [0.2, 0.25) is 0 Å². The van der Waals surface area contributed by atoms with Crippen LogP contribution < -0.4 is 0 Å². The third kappa shape index (κ3) is 45.9. The Balaban J connectivity index is 4.46. The van der Waals surface area contributed by atoms with Crippen LogP contribution in [0.5, 0.6) is 0 Å². The van der Waals surface area contributed by atoms with Crippen molar-refractivity contribution in [2.45, 2.75) is 239 Å². The number of allylic oxidation sites excluding steroid dienone is 12. The molecular formula is C54H92O6. The zero-order valence-corrected chi connectivity index (χ0v) is 39.2.